The summed E-state index contributed by atoms with van der Waals surface area (Å²) in [5, 5.41) is 0. The first kappa shape index (κ1) is 12.6. The second-order valence-corrected chi connectivity index (χ2v) is 5.82. The first-order valence-electron chi connectivity index (χ1n) is 6.02. The molecule has 0 saturated carbocycles. The maximum absolute atomic E-state index is 12.2. The number of rotatable bonds is 1. The molecule has 0 bridgehead atoms. The van der Waals surface area contributed by atoms with Crippen molar-refractivity contribution in [3.63, 3.8) is 0 Å². The third-order valence-corrected chi connectivity index (χ3v) is 3.62. The normalized spacial score (nSPS) is 37.5. The minimum absolute atomic E-state index is 0.0337. The molecule has 2 heterocycles. The SMILES string of the molecule is COC1C=CC2(CC(=O)N(C(C)(C)C)C2C)O1. The highest BCUT2D eigenvalue weighted by atomic mass is 16.7. The topological polar surface area (TPSA) is 38.8 Å². The van der Waals surface area contributed by atoms with E-state index < -0.39 is 5.60 Å². The van der Waals surface area contributed by atoms with Crippen LogP contribution in [0.15, 0.2) is 12.2 Å². The molecule has 4 heteroatoms. The second-order valence-electron chi connectivity index (χ2n) is 5.82. The Morgan fingerprint density at radius 2 is 2.18 bits per heavy atom. The summed E-state index contributed by atoms with van der Waals surface area (Å²) < 4.78 is 11.0. The van der Waals surface area contributed by atoms with Crippen LogP contribution in [0.4, 0.5) is 0 Å². The molecule has 2 rings (SSSR count). The van der Waals surface area contributed by atoms with E-state index in [4.69, 9.17) is 9.47 Å². The van der Waals surface area contributed by atoms with E-state index in [0.717, 1.165) is 0 Å². The monoisotopic (exact) mass is 239 g/mol. The minimum atomic E-state index is -0.509. The van der Waals surface area contributed by atoms with Gasteiger partial charge in [-0.15, -0.1) is 0 Å². The van der Waals surface area contributed by atoms with Crippen LogP contribution < -0.4 is 0 Å². The van der Waals surface area contributed by atoms with Gasteiger partial charge in [-0.1, -0.05) is 0 Å². The van der Waals surface area contributed by atoms with Crippen LogP contribution in [0.3, 0.4) is 0 Å². The van der Waals surface area contributed by atoms with E-state index >= 15 is 0 Å². The van der Waals surface area contributed by atoms with Crippen LogP contribution in [0, 0.1) is 0 Å². The Bertz CT molecular complexity index is 358. The van der Waals surface area contributed by atoms with Gasteiger partial charge in [-0.2, -0.15) is 0 Å². The lowest BCUT2D eigenvalue weighted by atomic mass is 9.94. The number of ether oxygens (including phenoxy) is 2. The van der Waals surface area contributed by atoms with Crippen LogP contribution in [-0.2, 0) is 14.3 Å². The van der Waals surface area contributed by atoms with Gasteiger partial charge in [0.05, 0.1) is 12.5 Å². The molecule has 1 amide bonds. The molecule has 0 aromatic heterocycles. The molecule has 0 aromatic rings. The number of likely N-dealkylation sites (tertiary alicyclic amines) is 1. The van der Waals surface area contributed by atoms with Crippen molar-refractivity contribution in [2.75, 3.05) is 7.11 Å². The van der Waals surface area contributed by atoms with Gasteiger partial charge in [0.2, 0.25) is 5.91 Å². The smallest absolute Gasteiger partial charge is 0.226 e. The van der Waals surface area contributed by atoms with E-state index in [1.807, 2.05) is 44.7 Å². The molecule has 3 atom stereocenters. The summed E-state index contributed by atoms with van der Waals surface area (Å²) in [6.45, 7) is 8.19. The van der Waals surface area contributed by atoms with Crippen molar-refractivity contribution in [1.82, 2.24) is 4.90 Å². The van der Waals surface area contributed by atoms with E-state index in [-0.39, 0.29) is 23.8 Å². The van der Waals surface area contributed by atoms with E-state index in [0.29, 0.717) is 6.42 Å². The van der Waals surface area contributed by atoms with Crippen LogP contribution in [0.25, 0.3) is 0 Å². The molecule has 1 spiro atoms. The third-order valence-electron chi connectivity index (χ3n) is 3.62. The predicted molar refractivity (Wildman–Crippen MR) is 64.4 cm³/mol. The molecule has 96 valence electrons. The van der Waals surface area contributed by atoms with Gasteiger partial charge >= 0.3 is 0 Å². The second kappa shape index (κ2) is 3.82. The molecule has 0 aliphatic carbocycles. The van der Waals surface area contributed by atoms with Gasteiger partial charge in [0.1, 0.15) is 5.60 Å². The molecule has 0 radical (unpaired) electrons. The molecule has 0 aromatic carbocycles. The van der Waals surface area contributed by atoms with Crippen LogP contribution in [0.2, 0.25) is 0 Å². The van der Waals surface area contributed by atoms with E-state index in [2.05, 4.69) is 0 Å². The van der Waals surface area contributed by atoms with E-state index in [9.17, 15) is 4.79 Å². The molecule has 17 heavy (non-hydrogen) atoms. The third kappa shape index (κ3) is 1.89. The zero-order chi connectivity index (χ0) is 12.8. The van der Waals surface area contributed by atoms with Gasteiger partial charge in [0, 0.05) is 12.6 Å². The quantitative estimate of drug-likeness (QED) is 0.654. The highest BCUT2D eigenvalue weighted by Crippen LogP contribution is 2.42. The zero-order valence-corrected chi connectivity index (χ0v) is 11.2. The Hall–Kier alpha value is -0.870. The summed E-state index contributed by atoms with van der Waals surface area (Å²) in [6, 6.07) is 0.0337. The molecule has 0 N–H and O–H groups in total. The summed E-state index contributed by atoms with van der Waals surface area (Å²) in [5.41, 5.74) is -0.687. The van der Waals surface area contributed by atoms with Crippen molar-refractivity contribution in [1.29, 1.82) is 0 Å². The van der Waals surface area contributed by atoms with Crippen molar-refractivity contribution in [2.24, 2.45) is 0 Å². The molecule has 2 aliphatic rings. The maximum Gasteiger partial charge on any atom is 0.226 e. The lowest BCUT2D eigenvalue weighted by molar-refractivity contribution is -0.149. The molecule has 3 unspecified atom stereocenters. The number of methoxy groups -OCH3 is 1. The molecule has 2 aliphatic heterocycles. The van der Waals surface area contributed by atoms with Gasteiger partial charge in [-0.05, 0) is 39.8 Å². The van der Waals surface area contributed by atoms with Crippen LogP contribution in [-0.4, -0.2) is 41.4 Å². The van der Waals surface area contributed by atoms with Gasteiger partial charge in [-0.3, -0.25) is 4.79 Å². The van der Waals surface area contributed by atoms with Crippen molar-refractivity contribution < 1.29 is 14.3 Å². The van der Waals surface area contributed by atoms with Gasteiger partial charge in [0.15, 0.2) is 6.29 Å². The van der Waals surface area contributed by atoms with Crippen molar-refractivity contribution >= 4 is 5.91 Å². The summed E-state index contributed by atoms with van der Waals surface area (Å²) in [7, 11) is 1.61. The van der Waals surface area contributed by atoms with Crippen molar-refractivity contribution in [3.05, 3.63) is 12.2 Å². The standard InChI is InChI=1S/C13H21NO3/c1-9-13(7-6-11(16-5)17-13)8-10(15)14(9)12(2,3)4/h6-7,9,11H,8H2,1-5H3. The van der Waals surface area contributed by atoms with Crippen molar-refractivity contribution in [3.8, 4) is 0 Å². The van der Waals surface area contributed by atoms with E-state index in [1.54, 1.807) is 7.11 Å². The Balaban J connectivity index is 2.25. The highest BCUT2D eigenvalue weighted by Gasteiger charge is 2.54. The number of amides is 1. The number of carbonyl (C=O) groups excluding carboxylic acids is 1. The van der Waals surface area contributed by atoms with Crippen LogP contribution >= 0.6 is 0 Å². The van der Waals surface area contributed by atoms with Crippen LogP contribution in [0.5, 0.6) is 0 Å². The molecule has 1 saturated heterocycles. The Morgan fingerprint density at radius 3 is 2.59 bits per heavy atom. The molecular formula is C13H21NO3. The van der Waals surface area contributed by atoms with Gasteiger partial charge in [-0.25, -0.2) is 0 Å². The summed E-state index contributed by atoms with van der Waals surface area (Å²) >= 11 is 0. The predicted octanol–water partition coefficient (Wildman–Crippen LogP) is 1.70. The van der Waals surface area contributed by atoms with Crippen LogP contribution in [0.1, 0.15) is 34.1 Å². The maximum atomic E-state index is 12.2. The van der Waals surface area contributed by atoms with Gasteiger partial charge < -0.3 is 14.4 Å². The molecule has 1 fully saturated rings. The Kier molecular flexibility index (Phi) is 2.83. The minimum Gasteiger partial charge on any atom is -0.352 e. The first-order chi connectivity index (χ1) is 7.80. The number of hydrogen-bond donors (Lipinski definition) is 0. The van der Waals surface area contributed by atoms with Gasteiger partial charge in [0.25, 0.3) is 0 Å². The van der Waals surface area contributed by atoms with E-state index in [1.165, 1.54) is 0 Å². The summed E-state index contributed by atoms with van der Waals surface area (Å²) in [6.07, 6.45) is 3.94. The number of hydrogen-bond acceptors (Lipinski definition) is 3. The molecule has 4 nitrogen and oxygen atoms in total. The lowest BCUT2D eigenvalue weighted by Gasteiger charge is -2.39. The fourth-order valence-corrected chi connectivity index (χ4v) is 2.86. The molecular weight excluding hydrogens is 218 g/mol. The fraction of sp³-hybridized carbons (Fsp3) is 0.769. The average molecular weight is 239 g/mol. The Labute approximate surface area is 103 Å². The summed E-state index contributed by atoms with van der Waals surface area (Å²) in [4.78, 5) is 14.1. The number of carbonyl (C=O) groups is 1. The average Bonchev–Trinajstić information content (AvgIpc) is 2.70. The highest BCUT2D eigenvalue weighted by molar-refractivity contribution is 5.82. The largest absolute Gasteiger partial charge is 0.352 e. The first-order valence-corrected chi connectivity index (χ1v) is 6.02. The fourth-order valence-electron chi connectivity index (χ4n) is 2.86. The van der Waals surface area contributed by atoms with Crippen molar-refractivity contribution in [2.45, 2.75) is 57.6 Å². The Morgan fingerprint density at radius 1 is 1.53 bits per heavy atom. The zero-order valence-electron chi connectivity index (χ0n) is 11.2. The summed E-state index contributed by atoms with van der Waals surface area (Å²) in [5.74, 6) is 0.145. The lowest BCUT2D eigenvalue weighted by Crippen LogP contribution is -2.51. The number of nitrogens with zero attached hydrogens (tertiary/aromatic N) is 1.